The van der Waals surface area contributed by atoms with Gasteiger partial charge in [-0.1, -0.05) is 41.9 Å². The largest absolute Gasteiger partial charge is 0.324 e. The lowest BCUT2D eigenvalue weighted by Crippen LogP contribution is -2.22. The summed E-state index contributed by atoms with van der Waals surface area (Å²) in [5.74, 6) is 0.598. The maximum atomic E-state index is 6.32. The molecule has 0 radical (unpaired) electrons. The molecule has 2 atom stereocenters. The van der Waals surface area contributed by atoms with Crippen LogP contribution in [0.2, 0.25) is 5.02 Å². The highest BCUT2D eigenvalue weighted by Gasteiger charge is 2.27. The van der Waals surface area contributed by atoms with Crippen LogP contribution in [0, 0.1) is 0 Å². The van der Waals surface area contributed by atoms with E-state index in [2.05, 4.69) is 40.2 Å². The first kappa shape index (κ1) is 13.2. The molecule has 0 saturated heterocycles. The smallest absolute Gasteiger partial charge is 0.0548 e. The molecule has 1 aliphatic rings. The van der Waals surface area contributed by atoms with Crippen LogP contribution >= 0.6 is 27.5 Å². The second kappa shape index (κ2) is 5.28. The molecule has 3 rings (SSSR count). The summed E-state index contributed by atoms with van der Waals surface area (Å²) in [7, 11) is 0. The van der Waals surface area contributed by atoms with Crippen LogP contribution in [0.4, 0.5) is 0 Å². The summed E-state index contributed by atoms with van der Waals surface area (Å²) in [6.07, 6.45) is 2.14. The predicted octanol–water partition coefficient (Wildman–Crippen LogP) is 4.83. The summed E-state index contributed by atoms with van der Waals surface area (Å²) in [5, 5.41) is 0.727. The van der Waals surface area contributed by atoms with Gasteiger partial charge in [-0.15, -0.1) is 0 Å². The Morgan fingerprint density at radius 3 is 2.79 bits per heavy atom. The van der Waals surface area contributed by atoms with Gasteiger partial charge in [-0.3, -0.25) is 0 Å². The highest BCUT2D eigenvalue weighted by atomic mass is 79.9. The van der Waals surface area contributed by atoms with Crippen LogP contribution < -0.4 is 5.73 Å². The number of fused-ring (bicyclic) bond motifs is 1. The summed E-state index contributed by atoms with van der Waals surface area (Å²) in [4.78, 5) is 0. The molecule has 2 aromatic carbocycles. The predicted molar refractivity (Wildman–Crippen MR) is 83.6 cm³/mol. The van der Waals surface area contributed by atoms with Gasteiger partial charge in [-0.05, 0) is 63.5 Å². The van der Waals surface area contributed by atoms with Crippen LogP contribution in [0.5, 0.6) is 0 Å². The Labute approximate surface area is 126 Å². The van der Waals surface area contributed by atoms with E-state index in [1.165, 1.54) is 11.1 Å². The van der Waals surface area contributed by atoms with Crippen molar-refractivity contribution in [3.8, 4) is 0 Å². The number of rotatable bonds is 3. The van der Waals surface area contributed by atoms with Gasteiger partial charge >= 0.3 is 0 Å². The highest BCUT2D eigenvalue weighted by molar-refractivity contribution is 9.10. The monoisotopic (exact) mass is 335 g/mol. The number of benzene rings is 2. The molecule has 2 aromatic rings. The van der Waals surface area contributed by atoms with Crippen LogP contribution in [0.3, 0.4) is 0 Å². The Morgan fingerprint density at radius 2 is 2.05 bits per heavy atom. The second-order valence-electron chi connectivity index (χ2n) is 5.12. The van der Waals surface area contributed by atoms with Gasteiger partial charge < -0.3 is 5.73 Å². The number of hydrogen-bond donors (Lipinski definition) is 1. The molecule has 2 N–H and O–H groups in total. The maximum absolute atomic E-state index is 6.32. The van der Waals surface area contributed by atoms with Crippen molar-refractivity contribution in [2.45, 2.75) is 24.8 Å². The van der Waals surface area contributed by atoms with E-state index in [9.17, 15) is 0 Å². The Balaban J connectivity index is 1.73. The highest BCUT2D eigenvalue weighted by Crippen LogP contribution is 2.40. The molecular formula is C16H15BrClN. The van der Waals surface area contributed by atoms with Gasteiger partial charge in [0.25, 0.3) is 0 Å². The first-order valence-electron chi connectivity index (χ1n) is 6.43. The average molecular weight is 337 g/mol. The summed E-state index contributed by atoms with van der Waals surface area (Å²) >= 11 is 9.46. The summed E-state index contributed by atoms with van der Waals surface area (Å²) in [5.41, 5.74) is 10.4. The van der Waals surface area contributed by atoms with Crippen molar-refractivity contribution in [1.82, 2.24) is 0 Å². The third-order valence-corrected chi connectivity index (χ3v) is 5.09. The van der Waals surface area contributed by atoms with E-state index in [0.717, 1.165) is 27.9 Å². The van der Waals surface area contributed by atoms with Gasteiger partial charge in [-0.2, -0.15) is 0 Å². The molecule has 0 heterocycles. The molecule has 1 nitrogen and oxygen atoms in total. The van der Waals surface area contributed by atoms with E-state index in [0.29, 0.717) is 5.92 Å². The van der Waals surface area contributed by atoms with E-state index in [1.54, 1.807) is 0 Å². The van der Waals surface area contributed by atoms with Gasteiger partial charge in [0, 0.05) is 10.5 Å². The molecule has 0 bridgehead atoms. The molecule has 1 aliphatic carbocycles. The molecule has 0 aromatic heterocycles. The summed E-state index contributed by atoms with van der Waals surface area (Å²) < 4.78 is 0.913. The fourth-order valence-corrected chi connectivity index (χ4v) is 3.27. The van der Waals surface area contributed by atoms with Crippen LogP contribution in [0.25, 0.3) is 0 Å². The SMILES string of the molecule is NC(CC1Cc2ccccc21)c1ccc(Cl)c(Br)c1. The normalized spacial score (nSPS) is 18.6. The van der Waals surface area contributed by atoms with E-state index in [1.807, 2.05) is 18.2 Å². The van der Waals surface area contributed by atoms with Crippen LogP contribution in [-0.2, 0) is 6.42 Å². The molecule has 19 heavy (non-hydrogen) atoms. The van der Waals surface area contributed by atoms with Crippen molar-refractivity contribution < 1.29 is 0 Å². The Bertz CT molecular complexity index is 611. The molecule has 0 amide bonds. The third-order valence-electron chi connectivity index (χ3n) is 3.87. The quantitative estimate of drug-likeness (QED) is 0.853. The fourth-order valence-electron chi connectivity index (χ4n) is 2.76. The minimum Gasteiger partial charge on any atom is -0.324 e. The van der Waals surface area contributed by atoms with Gasteiger partial charge in [0.15, 0.2) is 0 Å². The van der Waals surface area contributed by atoms with Crippen molar-refractivity contribution in [3.63, 3.8) is 0 Å². The lowest BCUT2D eigenvalue weighted by Gasteiger charge is -2.32. The number of halogens is 2. The molecule has 0 spiro atoms. The summed E-state index contributed by atoms with van der Waals surface area (Å²) in [6.45, 7) is 0. The third kappa shape index (κ3) is 2.58. The first-order valence-corrected chi connectivity index (χ1v) is 7.60. The lowest BCUT2D eigenvalue weighted by atomic mass is 9.74. The van der Waals surface area contributed by atoms with Crippen molar-refractivity contribution >= 4 is 27.5 Å². The number of hydrogen-bond acceptors (Lipinski definition) is 1. The van der Waals surface area contributed by atoms with Gasteiger partial charge in [0.1, 0.15) is 0 Å². The van der Waals surface area contributed by atoms with Crippen molar-refractivity contribution in [2.24, 2.45) is 5.73 Å². The van der Waals surface area contributed by atoms with Crippen LogP contribution in [0.1, 0.15) is 35.1 Å². The molecular weight excluding hydrogens is 322 g/mol. The topological polar surface area (TPSA) is 26.0 Å². The minimum atomic E-state index is 0.0620. The van der Waals surface area contributed by atoms with Gasteiger partial charge in [-0.25, -0.2) is 0 Å². The standard InChI is InChI=1S/C16H15BrClN/c17-14-8-11(5-6-15(14)18)16(19)9-12-7-10-3-1-2-4-13(10)12/h1-6,8,12,16H,7,9,19H2. The van der Waals surface area contributed by atoms with E-state index >= 15 is 0 Å². The van der Waals surface area contributed by atoms with Crippen LogP contribution in [-0.4, -0.2) is 0 Å². The van der Waals surface area contributed by atoms with Crippen molar-refractivity contribution in [1.29, 1.82) is 0 Å². The van der Waals surface area contributed by atoms with Crippen molar-refractivity contribution in [3.05, 3.63) is 68.7 Å². The average Bonchev–Trinajstić information content (AvgIpc) is 2.39. The Hall–Kier alpha value is -0.830. The zero-order valence-corrected chi connectivity index (χ0v) is 12.8. The Kier molecular flexibility index (Phi) is 3.66. The minimum absolute atomic E-state index is 0.0620. The van der Waals surface area contributed by atoms with Gasteiger partial charge in [0.2, 0.25) is 0 Å². The fraction of sp³-hybridized carbons (Fsp3) is 0.250. The zero-order valence-electron chi connectivity index (χ0n) is 10.4. The molecule has 0 saturated carbocycles. The maximum Gasteiger partial charge on any atom is 0.0548 e. The van der Waals surface area contributed by atoms with Crippen LogP contribution in [0.15, 0.2) is 46.9 Å². The molecule has 2 unspecified atom stereocenters. The van der Waals surface area contributed by atoms with Gasteiger partial charge in [0.05, 0.1) is 5.02 Å². The second-order valence-corrected chi connectivity index (χ2v) is 6.38. The molecule has 3 heteroatoms. The molecule has 0 aliphatic heterocycles. The molecule has 0 fully saturated rings. The number of nitrogens with two attached hydrogens (primary N) is 1. The van der Waals surface area contributed by atoms with Crippen molar-refractivity contribution in [2.75, 3.05) is 0 Å². The first-order chi connectivity index (χ1) is 9.15. The zero-order chi connectivity index (χ0) is 13.4. The lowest BCUT2D eigenvalue weighted by molar-refractivity contribution is 0.498. The summed E-state index contributed by atoms with van der Waals surface area (Å²) in [6, 6.07) is 14.6. The van der Waals surface area contributed by atoms with E-state index in [-0.39, 0.29) is 6.04 Å². The Morgan fingerprint density at radius 1 is 1.26 bits per heavy atom. The molecule has 98 valence electrons. The van der Waals surface area contributed by atoms with E-state index < -0.39 is 0 Å². The van der Waals surface area contributed by atoms with E-state index in [4.69, 9.17) is 17.3 Å².